The molecule has 1 aliphatic heterocycles. The highest BCUT2D eigenvalue weighted by Crippen LogP contribution is 2.39. The molecule has 3 aromatic rings. The predicted molar refractivity (Wildman–Crippen MR) is 137 cm³/mol. The Bertz CT molecular complexity index is 1280. The van der Waals surface area contributed by atoms with Gasteiger partial charge in [0.15, 0.2) is 0 Å². The van der Waals surface area contributed by atoms with E-state index in [4.69, 9.17) is 0 Å². The number of carbonyl (C=O) groups excluding carboxylic acids is 1. The van der Waals surface area contributed by atoms with Crippen LogP contribution in [0.25, 0.3) is 11.3 Å². The number of hydrogen-bond acceptors (Lipinski definition) is 3. The summed E-state index contributed by atoms with van der Waals surface area (Å²) in [5.41, 5.74) is 9.32. The van der Waals surface area contributed by atoms with Crippen LogP contribution in [0.4, 0.5) is 10.1 Å². The molecule has 2 heterocycles. The lowest BCUT2D eigenvalue weighted by Gasteiger charge is -2.42. The first-order valence-corrected chi connectivity index (χ1v) is 11.5. The molecule has 1 aromatic heterocycles. The number of carbonyl (C=O) groups is 1. The van der Waals surface area contributed by atoms with Crippen molar-refractivity contribution in [3.8, 4) is 5.69 Å². The van der Waals surface area contributed by atoms with E-state index in [1.165, 1.54) is 6.21 Å². The third-order valence-electron chi connectivity index (χ3n) is 6.44. The van der Waals surface area contributed by atoms with Crippen molar-refractivity contribution in [3.05, 3.63) is 88.5 Å². The van der Waals surface area contributed by atoms with Gasteiger partial charge in [-0.1, -0.05) is 6.08 Å². The van der Waals surface area contributed by atoms with Crippen molar-refractivity contribution in [3.63, 3.8) is 0 Å². The second-order valence-corrected chi connectivity index (χ2v) is 9.31. The Labute approximate surface area is 200 Å². The fraction of sp³-hybridized carbons (Fsp3) is 0.286. The number of aromatic nitrogens is 1. The van der Waals surface area contributed by atoms with Crippen LogP contribution in [0.5, 0.6) is 0 Å². The van der Waals surface area contributed by atoms with Crippen LogP contribution in [-0.2, 0) is 0 Å². The Kier molecular flexibility index (Phi) is 6.17. The number of allylic oxidation sites excluding steroid dienone is 1. The molecule has 0 unspecified atom stereocenters. The van der Waals surface area contributed by atoms with Crippen LogP contribution in [0.15, 0.2) is 59.7 Å². The number of rotatable bonds is 5. The molecule has 6 heteroatoms. The third kappa shape index (κ3) is 4.28. The molecule has 5 nitrogen and oxygen atoms in total. The van der Waals surface area contributed by atoms with Crippen molar-refractivity contribution in [1.82, 2.24) is 9.99 Å². The van der Waals surface area contributed by atoms with Crippen LogP contribution < -0.4 is 10.3 Å². The maximum atomic E-state index is 14.9. The van der Waals surface area contributed by atoms with Crippen molar-refractivity contribution < 1.29 is 9.18 Å². The van der Waals surface area contributed by atoms with Gasteiger partial charge in [0.05, 0.1) is 11.8 Å². The summed E-state index contributed by atoms with van der Waals surface area (Å²) < 4.78 is 17.0. The molecule has 1 N–H and O–H groups in total. The fourth-order valence-electron chi connectivity index (χ4n) is 4.85. The van der Waals surface area contributed by atoms with Gasteiger partial charge in [0.2, 0.25) is 0 Å². The number of aryl methyl sites for hydroxylation is 2. The smallest absolute Gasteiger partial charge is 0.271 e. The first-order valence-electron chi connectivity index (χ1n) is 11.5. The van der Waals surface area contributed by atoms with E-state index in [1.807, 2.05) is 32.9 Å². The molecule has 0 fully saturated rings. The lowest BCUT2D eigenvalue weighted by atomic mass is 9.88. The van der Waals surface area contributed by atoms with Crippen molar-refractivity contribution in [2.45, 2.75) is 47.1 Å². The first kappa shape index (κ1) is 23.5. The van der Waals surface area contributed by atoms with Gasteiger partial charge in [-0.3, -0.25) is 4.79 Å². The van der Waals surface area contributed by atoms with Crippen molar-refractivity contribution >= 4 is 23.4 Å². The monoisotopic (exact) mass is 458 g/mol. The molecule has 0 bridgehead atoms. The summed E-state index contributed by atoms with van der Waals surface area (Å²) in [4.78, 5) is 14.7. The Morgan fingerprint density at radius 2 is 1.71 bits per heavy atom. The van der Waals surface area contributed by atoms with Gasteiger partial charge in [-0.2, -0.15) is 5.10 Å². The van der Waals surface area contributed by atoms with Gasteiger partial charge in [-0.25, -0.2) is 9.82 Å². The van der Waals surface area contributed by atoms with E-state index in [9.17, 15) is 9.18 Å². The largest absolute Gasteiger partial charge is 0.363 e. The molecule has 1 amide bonds. The van der Waals surface area contributed by atoms with Crippen LogP contribution in [-0.4, -0.2) is 28.8 Å². The highest BCUT2D eigenvalue weighted by molar-refractivity contribution is 5.95. The summed E-state index contributed by atoms with van der Waals surface area (Å²) >= 11 is 0. The summed E-state index contributed by atoms with van der Waals surface area (Å²) in [5.74, 6) is -0.723. The van der Waals surface area contributed by atoms with E-state index in [0.717, 1.165) is 40.4 Å². The summed E-state index contributed by atoms with van der Waals surface area (Å²) in [6.07, 6.45) is 3.55. The second-order valence-electron chi connectivity index (χ2n) is 9.31. The van der Waals surface area contributed by atoms with Gasteiger partial charge in [0.1, 0.15) is 5.82 Å². The zero-order chi connectivity index (χ0) is 24.6. The summed E-state index contributed by atoms with van der Waals surface area (Å²) in [6, 6.07) is 14.8. The molecule has 0 spiro atoms. The number of fused-ring (bicyclic) bond motifs is 1. The number of nitrogens with one attached hydrogen (secondary N) is 1. The molecule has 0 aliphatic carbocycles. The molecule has 34 heavy (non-hydrogen) atoms. The molecule has 0 saturated heterocycles. The van der Waals surface area contributed by atoms with Gasteiger partial charge in [-0.05, 0) is 95.6 Å². The number of hydrazone groups is 1. The molecule has 176 valence electrons. The van der Waals surface area contributed by atoms with Crippen LogP contribution in [0, 0.1) is 19.7 Å². The minimum atomic E-state index is -0.373. The topological polar surface area (TPSA) is 49.6 Å². The first-order chi connectivity index (χ1) is 16.1. The number of nitrogens with zero attached hydrogens (tertiary/aromatic N) is 3. The average Bonchev–Trinajstić information content (AvgIpc) is 3.12. The fourth-order valence-corrected chi connectivity index (χ4v) is 4.85. The second kappa shape index (κ2) is 8.93. The maximum Gasteiger partial charge on any atom is 0.271 e. The van der Waals surface area contributed by atoms with Crippen molar-refractivity contribution in [1.29, 1.82) is 0 Å². The molecular weight excluding hydrogens is 427 g/mol. The predicted octanol–water partition coefficient (Wildman–Crippen LogP) is 6.02. The van der Waals surface area contributed by atoms with Crippen LogP contribution in [0.2, 0.25) is 0 Å². The van der Waals surface area contributed by atoms with Crippen LogP contribution in [0.1, 0.15) is 60.6 Å². The number of amides is 1. The van der Waals surface area contributed by atoms with Gasteiger partial charge in [-0.15, -0.1) is 0 Å². The molecule has 4 rings (SSSR count). The minimum absolute atomic E-state index is 0.184. The van der Waals surface area contributed by atoms with Crippen molar-refractivity contribution in [2.75, 3.05) is 11.4 Å². The lowest BCUT2D eigenvalue weighted by molar-refractivity contribution is 0.0955. The molecule has 0 saturated carbocycles. The number of likely N-dealkylation sites (N-methyl/N-ethyl adjacent to an activating group) is 1. The van der Waals surface area contributed by atoms with E-state index in [2.05, 4.69) is 59.0 Å². The zero-order valence-corrected chi connectivity index (χ0v) is 20.6. The average molecular weight is 459 g/mol. The number of benzene rings is 2. The highest BCUT2D eigenvalue weighted by atomic mass is 19.1. The number of hydrogen-bond donors (Lipinski definition) is 1. The highest BCUT2D eigenvalue weighted by Gasteiger charge is 2.31. The van der Waals surface area contributed by atoms with E-state index in [1.54, 1.807) is 24.3 Å². The normalized spacial score (nSPS) is 14.8. The van der Waals surface area contributed by atoms with E-state index in [0.29, 0.717) is 11.1 Å². The summed E-state index contributed by atoms with van der Waals surface area (Å²) in [5, 5.41) is 4.02. The van der Waals surface area contributed by atoms with Gasteiger partial charge in [0, 0.05) is 46.0 Å². The van der Waals surface area contributed by atoms with Crippen LogP contribution in [0.3, 0.4) is 0 Å². The Balaban J connectivity index is 1.51. The SMILES string of the molecule is CCN1c2cc(F)c(/C=N\NC(=O)c3ccc(-n4c(C)ccc4C)cc3)cc2C(C)=CC1(C)C. The lowest BCUT2D eigenvalue weighted by Crippen LogP contribution is -2.45. The quantitative estimate of drug-likeness (QED) is 0.375. The van der Waals surface area contributed by atoms with Crippen molar-refractivity contribution in [2.24, 2.45) is 5.10 Å². The van der Waals surface area contributed by atoms with E-state index < -0.39 is 0 Å². The number of anilines is 1. The zero-order valence-electron chi connectivity index (χ0n) is 20.6. The minimum Gasteiger partial charge on any atom is -0.363 e. The van der Waals surface area contributed by atoms with Gasteiger partial charge in [0.25, 0.3) is 5.91 Å². The van der Waals surface area contributed by atoms with Gasteiger partial charge >= 0.3 is 0 Å². The maximum absolute atomic E-state index is 14.9. The van der Waals surface area contributed by atoms with Gasteiger partial charge < -0.3 is 9.47 Å². The molecular formula is C28H31FN4O. The Morgan fingerprint density at radius 3 is 2.32 bits per heavy atom. The molecule has 0 atom stereocenters. The summed E-state index contributed by atoms with van der Waals surface area (Å²) in [6.45, 7) is 13.2. The third-order valence-corrected chi connectivity index (χ3v) is 6.44. The Morgan fingerprint density at radius 1 is 1.06 bits per heavy atom. The van der Waals surface area contributed by atoms with E-state index in [-0.39, 0.29) is 17.3 Å². The van der Waals surface area contributed by atoms with Crippen LogP contribution >= 0.6 is 0 Å². The Hall–Kier alpha value is -3.67. The molecule has 2 aromatic carbocycles. The molecule has 0 radical (unpaired) electrons. The molecule has 1 aliphatic rings. The number of halogens is 1. The summed E-state index contributed by atoms with van der Waals surface area (Å²) in [7, 11) is 0. The van der Waals surface area contributed by atoms with E-state index >= 15 is 0 Å². The standard InChI is InChI=1S/C28H31FN4O/c1-7-32-26-15-25(29)22(14-24(26)18(2)16-28(32,5)6)17-30-31-27(34)21-10-12-23(13-11-21)33-19(3)8-9-20(33)4/h8-17H,7H2,1-6H3,(H,31,34)/b30-17-.